The molecule has 0 aliphatic rings. The SMILES string of the molecule is CN(O)C(=O)c1cccc(Br)c1. The Morgan fingerprint density at radius 3 is 2.75 bits per heavy atom. The van der Waals surface area contributed by atoms with Crippen molar-refractivity contribution < 1.29 is 10.0 Å². The molecule has 0 atom stereocenters. The molecule has 0 aliphatic carbocycles. The van der Waals surface area contributed by atoms with E-state index in [1.807, 2.05) is 6.07 Å². The Balaban J connectivity index is 2.96. The lowest BCUT2D eigenvalue weighted by atomic mass is 10.2. The molecule has 1 aromatic rings. The first-order valence-electron chi connectivity index (χ1n) is 3.34. The fraction of sp³-hybridized carbons (Fsp3) is 0.125. The molecule has 0 heterocycles. The van der Waals surface area contributed by atoms with E-state index in [0.717, 1.165) is 4.47 Å². The van der Waals surface area contributed by atoms with Crippen LogP contribution < -0.4 is 0 Å². The number of nitrogens with zero attached hydrogens (tertiary/aromatic N) is 1. The molecule has 3 nitrogen and oxygen atoms in total. The average Bonchev–Trinajstić information content (AvgIpc) is 2.03. The van der Waals surface area contributed by atoms with E-state index in [1.165, 1.54) is 7.05 Å². The van der Waals surface area contributed by atoms with Gasteiger partial charge in [-0.2, -0.15) is 0 Å². The summed E-state index contributed by atoms with van der Waals surface area (Å²) in [5, 5.41) is 9.39. The summed E-state index contributed by atoms with van der Waals surface area (Å²) in [5.41, 5.74) is 0.453. The van der Waals surface area contributed by atoms with Crippen molar-refractivity contribution in [3.8, 4) is 0 Å². The molecular weight excluding hydrogens is 222 g/mol. The molecule has 1 aromatic carbocycles. The Morgan fingerprint density at radius 1 is 1.58 bits per heavy atom. The maximum atomic E-state index is 11.2. The molecular formula is C8H8BrNO2. The third-order valence-electron chi connectivity index (χ3n) is 1.37. The Kier molecular flexibility index (Phi) is 2.83. The van der Waals surface area contributed by atoms with Crippen LogP contribution in [0.1, 0.15) is 10.4 Å². The van der Waals surface area contributed by atoms with E-state index in [9.17, 15) is 4.79 Å². The highest BCUT2D eigenvalue weighted by Gasteiger charge is 2.08. The van der Waals surface area contributed by atoms with Gasteiger partial charge in [0, 0.05) is 17.1 Å². The van der Waals surface area contributed by atoms with Crippen molar-refractivity contribution in [1.82, 2.24) is 5.06 Å². The number of carbonyl (C=O) groups is 1. The first kappa shape index (κ1) is 9.22. The van der Waals surface area contributed by atoms with Crippen LogP contribution in [0.4, 0.5) is 0 Å². The van der Waals surface area contributed by atoms with E-state index in [4.69, 9.17) is 5.21 Å². The predicted molar refractivity (Wildman–Crippen MR) is 48.0 cm³/mol. The van der Waals surface area contributed by atoms with Gasteiger partial charge < -0.3 is 0 Å². The van der Waals surface area contributed by atoms with Crippen LogP contribution in [-0.2, 0) is 0 Å². The molecule has 1 N–H and O–H groups in total. The van der Waals surface area contributed by atoms with Gasteiger partial charge in [-0.25, -0.2) is 5.06 Å². The Morgan fingerprint density at radius 2 is 2.25 bits per heavy atom. The minimum absolute atomic E-state index is 0.420. The fourth-order valence-electron chi connectivity index (χ4n) is 0.808. The lowest BCUT2D eigenvalue weighted by molar-refractivity contribution is -0.0374. The van der Waals surface area contributed by atoms with Crippen molar-refractivity contribution in [2.24, 2.45) is 0 Å². The van der Waals surface area contributed by atoms with Crippen molar-refractivity contribution >= 4 is 21.8 Å². The van der Waals surface area contributed by atoms with Gasteiger partial charge in [-0.1, -0.05) is 22.0 Å². The van der Waals surface area contributed by atoms with Gasteiger partial charge in [0.05, 0.1) is 0 Å². The Labute approximate surface area is 78.7 Å². The van der Waals surface area contributed by atoms with Crippen LogP contribution in [0.15, 0.2) is 28.7 Å². The quantitative estimate of drug-likeness (QED) is 0.591. The standard InChI is InChI=1S/C8H8BrNO2/c1-10(12)8(11)6-3-2-4-7(9)5-6/h2-5,12H,1H3. The second-order valence-electron chi connectivity index (χ2n) is 2.34. The summed E-state index contributed by atoms with van der Waals surface area (Å²) in [7, 11) is 1.29. The third-order valence-corrected chi connectivity index (χ3v) is 1.86. The molecule has 0 spiro atoms. The highest BCUT2D eigenvalue weighted by atomic mass is 79.9. The number of rotatable bonds is 1. The first-order chi connectivity index (χ1) is 5.61. The minimum Gasteiger partial charge on any atom is -0.286 e. The molecule has 0 aliphatic heterocycles. The van der Waals surface area contributed by atoms with Gasteiger partial charge in [0.15, 0.2) is 0 Å². The molecule has 0 saturated heterocycles. The molecule has 0 aromatic heterocycles. The van der Waals surface area contributed by atoms with E-state index < -0.39 is 5.91 Å². The monoisotopic (exact) mass is 229 g/mol. The van der Waals surface area contributed by atoms with Gasteiger partial charge in [0.25, 0.3) is 5.91 Å². The van der Waals surface area contributed by atoms with Crippen LogP contribution in [0, 0.1) is 0 Å². The van der Waals surface area contributed by atoms with E-state index in [1.54, 1.807) is 18.2 Å². The molecule has 0 saturated carbocycles. The number of hydrogen-bond acceptors (Lipinski definition) is 2. The summed E-state index contributed by atoms with van der Waals surface area (Å²) in [4.78, 5) is 11.2. The van der Waals surface area contributed by atoms with Crippen LogP contribution in [0.25, 0.3) is 0 Å². The molecule has 0 fully saturated rings. The largest absolute Gasteiger partial charge is 0.286 e. The van der Waals surface area contributed by atoms with Crippen LogP contribution in [0.2, 0.25) is 0 Å². The zero-order valence-electron chi connectivity index (χ0n) is 6.49. The summed E-state index contributed by atoms with van der Waals surface area (Å²) in [5.74, 6) is -0.420. The summed E-state index contributed by atoms with van der Waals surface area (Å²) < 4.78 is 0.815. The minimum atomic E-state index is -0.420. The van der Waals surface area contributed by atoms with Crippen LogP contribution in [-0.4, -0.2) is 23.2 Å². The number of hydroxylamine groups is 2. The van der Waals surface area contributed by atoms with Crippen LogP contribution >= 0.6 is 15.9 Å². The van der Waals surface area contributed by atoms with E-state index in [0.29, 0.717) is 10.6 Å². The molecule has 12 heavy (non-hydrogen) atoms. The summed E-state index contributed by atoms with van der Waals surface area (Å²) in [6.07, 6.45) is 0. The average molecular weight is 230 g/mol. The maximum Gasteiger partial charge on any atom is 0.276 e. The van der Waals surface area contributed by atoms with Gasteiger partial charge in [-0.15, -0.1) is 0 Å². The van der Waals surface area contributed by atoms with E-state index >= 15 is 0 Å². The number of amides is 1. The zero-order valence-corrected chi connectivity index (χ0v) is 8.08. The second-order valence-corrected chi connectivity index (χ2v) is 3.25. The molecule has 64 valence electrons. The molecule has 0 bridgehead atoms. The molecule has 1 amide bonds. The second kappa shape index (κ2) is 3.69. The van der Waals surface area contributed by atoms with Crippen molar-refractivity contribution in [2.45, 2.75) is 0 Å². The summed E-state index contributed by atoms with van der Waals surface area (Å²) >= 11 is 3.23. The van der Waals surface area contributed by atoms with Gasteiger partial charge in [0.1, 0.15) is 0 Å². The van der Waals surface area contributed by atoms with Crippen molar-refractivity contribution in [3.63, 3.8) is 0 Å². The Hall–Kier alpha value is -0.870. The lowest BCUT2D eigenvalue weighted by Gasteiger charge is -2.07. The van der Waals surface area contributed by atoms with Crippen LogP contribution in [0.5, 0.6) is 0 Å². The van der Waals surface area contributed by atoms with Gasteiger partial charge >= 0.3 is 0 Å². The number of carbonyl (C=O) groups excluding carboxylic acids is 1. The number of halogens is 1. The van der Waals surface area contributed by atoms with Crippen LogP contribution in [0.3, 0.4) is 0 Å². The van der Waals surface area contributed by atoms with Gasteiger partial charge in [-0.05, 0) is 18.2 Å². The highest BCUT2D eigenvalue weighted by Crippen LogP contribution is 2.12. The normalized spacial score (nSPS) is 9.58. The maximum absolute atomic E-state index is 11.2. The molecule has 0 unspecified atom stereocenters. The molecule has 0 radical (unpaired) electrons. The predicted octanol–water partition coefficient (Wildman–Crippen LogP) is 1.91. The number of benzene rings is 1. The zero-order chi connectivity index (χ0) is 9.14. The summed E-state index contributed by atoms with van der Waals surface area (Å²) in [6.45, 7) is 0. The van der Waals surface area contributed by atoms with E-state index in [2.05, 4.69) is 15.9 Å². The van der Waals surface area contributed by atoms with Gasteiger partial charge in [0.2, 0.25) is 0 Å². The van der Waals surface area contributed by atoms with Gasteiger partial charge in [-0.3, -0.25) is 10.0 Å². The molecule has 1 rings (SSSR count). The lowest BCUT2D eigenvalue weighted by Crippen LogP contribution is -2.22. The molecule has 4 heteroatoms. The topological polar surface area (TPSA) is 40.5 Å². The smallest absolute Gasteiger partial charge is 0.276 e. The third kappa shape index (κ3) is 2.06. The first-order valence-corrected chi connectivity index (χ1v) is 4.13. The highest BCUT2D eigenvalue weighted by molar-refractivity contribution is 9.10. The fourth-order valence-corrected chi connectivity index (χ4v) is 1.21. The van der Waals surface area contributed by atoms with E-state index in [-0.39, 0.29) is 0 Å². The number of hydrogen-bond donors (Lipinski definition) is 1. The van der Waals surface area contributed by atoms with Crippen molar-refractivity contribution in [2.75, 3.05) is 7.05 Å². The van der Waals surface area contributed by atoms with Crippen molar-refractivity contribution in [1.29, 1.82) is 0 Å². The Bertz CT molecular complexity index is 299. The summed E-state index contributed by atoms with van der Waals surface area (Å²) in [6, 6.07) is 6.84. The van der Waals surface area contributed by atoms with Crippen molar-refractivity contribution in [3.05, 3.63) is 34.3 Å².